The summed E-state index contributed by atoms with van der Waals surface area (Å²) in [5, 5.41) is 0. The van der Waals surface area contributed by atoms with Gasteiger partial charge in [-0.25, -0.2) is 0 Å². The number of hydrogen-bond acceptors (Lipinski definition) is 1. The van der Waals surface area contributed by atoms with Crippen molar-refractivity contribution in [2.75, 3.05) is 0 Å². The molecule has 102 valence electrons. The van der Waals surface area contributed by atoms with E-state index in [1.807, 2.05) is 36.4 Å². The summed E-state index contributed by atoms with van der Waals surface area (Å²) in [6, 6.07) is 9.74. The molecule has 0 saturated carbocycles. The average molecular weight is 264 g/mol. The van der Waals surface area contributed by atoms with E-state index in [1.165, 1.54) is 0 Å². The smallest absolute Gasteiger partial charge is 0.158 e. The van der Waals surface area contributed by atoms with Gasteiger partial charge in [-0.05, 0) is 24.5 Å². The highest BCUT2D eigenvalue weighted by Gasteiger charge is 1.91. The number of allylic oxidation sites excluding steroid dienone is 1. The van der Waals surface area contributed by atoms with Gasteiger partial charge in [-0.3, -0.25) is 4.79 Å². The van der Waals surface area contributed by atoms with Gasteiger partial charge in [0.1, 0.15) is 0 Å². The molecule has 0 aromatic heterocycles. The highest BCUT2D eigenvalue weighted by molar-refractivity contribution is 5.87. The van der Waals surface area contributed by atoms with Gasteiger partial charge in [0, 0.05) is 12.8 Å². The van der Waals surface area contributed by atoms with Crippen LogP contribution in [-0.2, 0) is 4.79 Å². The van der Waals surface area contributed by atoms with Crippen LogP contribution in [0.2, 0.25) is 0 Å². The Balaban J connectivity index is 2.35. The van der Waals surface area contributed by atoms with Crippen molar-refractivity contribution in [2.45, 2.75) is 38.5 Å². The maximum absolute atomic E-state index is 11.0. The van der Waals surface area contributed by atoms with E-state index in [0.717, 1.165) is 50.4 Å². The van der Waals surface area contributed by atoms with Crippen molar-refractivity contribution in [1.29, 1.82) is 0 Å². The summed E-state index contributed by atoms with van der Waals surface area (Å²) < 4.78 is 0. The molecule has 0 saturated heterocycles. The Morgan fingerprint density at radius 1 is 1.05 bits per heavy atom. The zero-order valence-corrected chi connectivity index (χ0v) is 11.8. The van der Waals surface area contributed by atoms with E-state index in [0.29, 0.717) is 5.57 Å². The van der Waals surface area contributed by atoms with Crippen LogP contribution in [0.5, 0.6) is 0 Å². The van der Waals surface area contributed by atoms with Crippen LogP contribution in [0.4, 0.5) is 0 Å². The lowest BCUT2D eigenvalue weighted by molar-refractivity contribution is -0.104. The number of aldehydes is 1. The highest BCUT2D eigenvalue weighted by atomic mass is 16.1. The molecule has 0 aliphatic carbocycles. The Kier molecular flexibility index (Phi) is 8.42. The Hall–Kier alpha value is -2.25. The standard InChI is InChI=1S/C19H20O/c1-2-3-4-5-6-7-8-10-15-19(17-20)16-18-13-11-9-12-14-18/h1,9,11-14,16-17H,3-8H2/b19-16+. The summed E-state index contributed by atoms with van der Waals surface area (Å²) in [5.41, 5.74) is 1.53. The van der Waals surface area contributed by atoms with Gasteiger partial charge in [-0.2, -0.15) is 0 Å². The molecule has 0 unspecified atom stereocenters. The maximum atomic E-state index is 11.0. The fourth-order valence-corrected chi connectivity index (χ4v) is 1.79. The molecule has 0 heterocycles. The zero-order chi connectivity index (χ0) is 14.5. The van der Waals surface area contributed by atoms with Crippen molar-refractivity contribution in [3.8, 4) is 24.2 Å². The Morgan fingerprint density at radius 2 is 1.75 bits per heavy atom. The molecule has 1 nitrogen and oxygen atoms in total. The van der Waals surface area contributed by atoms with Crippen molar-refractivity contribution >= 4 is 12.4 Å². The molecule has 0 spiro atoms. The molecular formula is C19H20O. The first-order valence-corrected chi connectivity index (χ1v) is 7.01. The van der Waals surface area contributed by atoms with Crippen LogP contribution in [-0.4, -0.2) is 6.29 Å². The second-order valence-corrected chi connectivity index (χ2v) is 4.55. The number of terminal acetylenes is 1. The predicted molar refractivity (Wildman–Crippen MR) is 84.8 cm³/mol. The first kappa shape index (κ1) is 15.8. The number of carbonyl (C=O) groups excluding carboxylic acids is 1. The van der Waals surface area contributed by atoms with Crippen LogP contribution < -0.4 is 0 Å². The van der Waals surface area contributed by atoms with Crippen LogP contribution in [0, 0.1) is 24.2 Å². The summed E-state index contributed by atoms with van der Waals surface area (Å²) >= 11 is 0. The second kappa shape index (κ2) is 10.7. The van der Waals surface area contributed by atoms with Crippen LogP contribution in [0.15, 0.2) is 35.9 Å². The molecule has 0 atom stereocenters. The van der Waals surface area contributed by atoms with Crippen LogP contribution >= 0.6 is 0 Å². The SMILES string of the molecule is C#CCCCCCCC#C/C(C=O)=C\c1ccccc1. The van der Waals surface area contributed by atoms with Crippen molar-refractivity contribution < 1.29 is 4.79 Å². The zero-order valence-electron chi connectivity index (χ0n) is 11.8. The van der Waals surface area contributed by atoms with E-state index in [4.69, 9.17) is 6.42 Å². The number of hydrogen-bond donors (Lipinski definition) is 0. The molecule has 1 rings (SSSR count). The van der Waals surface area contributed by atoms with Gasteiger partial charge in [0.25, 0.3) is 0 Å². The van der Waals surface area contributed by atoms with Crippen LogP contribution in [0.3, 0.4) is 0 Å². The lowest BCUT2D eigenvalue weighted by atomic mass is 10.1. The van der Waals surface area contributed by atoms with Crippen molar-refractivity contribution in [3.63, 3.8) is 0 Å². The molecule has 20 heavy (non-hydrogen) atoms. The number of carbonyl (C=O) groups is 1. The molecule has 0 radical (unpaired) electrons. The largest absolute Gasteiger partial charge is 0.297 e. The summed E-state index contributed by atoms with van der Waals surface area (Å²) in [6.45, 7) is 0. The van der Waals surface area contributed by atoms with Gasteiger partial charge < -0.3 is 0 Å². The first-order chi connectivity index (χ1) is 9.86. The summed E-state index contributed by atoms with van der Waals surface area (Å²) in [7, 11) is 0. The van der Waals surface area contributed by atoms with Crippen molar-refractivity contribution in [2.24, 2.45) is 0 Å². The molecule has 1 heteroatoms. The molecule has 1 aromatic carbocycles. The van der Waals surface area contributed by atoms with Gasteiger partial charge in [-0.15, -0.1) is 12.3 Å². The molecule has 1 aromatic rings. The first-order valence-electron chi connectivity index (χ1n) is 7.01. The number of unbranched alkanes of at least 4 members (excludes halogenated alkanes) is 5. The van der Waals surface area contributed by atoms with E-state index in [2.05, 4.69) is 17.8 Å². The highest BCUT2D eigenvalue weighted by Crippen LogP contribution is 2.06. The summed E-state index contributed by atoms with van der Waals surface area (Å²) in [4.78, 5) is 11.0. The van der Waals surface area contributed by atoms with Gasteiger partial charge in [0.05, 0.1) is 5.57 Å². The molecular weight excluding hydrogens is 244 g/mol. The monoisotopic (exact) mass is 264 g/mol. The van der Waals surface area contributed by atoms with E-state index >= 15 is 0 Å². The molecule has 0 bridgehead atoms. The van der Waals surface area contributed by atoms with E-state index in [1.54, 1.807) is 0 Å². The molecule has 0 fully saturated rings. The molecule has 0 aliphatic rings. The molecule has 0 N–H and O–H groups in total. The van der Waals surface area contributed by atoms with E-state index in [-0.39, 0.29) is 0 Å². The minimum absolute atomic E-state index is 0.531. The van der Waals surface area contributed by atoms with Gasteiger partial charge >= 0.3 is 0 Å². The normalized spacial score (nSPS) is 10.2. The third-order valence-corrected chi connectivity index (χ3v) is 2.85. The Morgan fingerprint density at radius 3 is 2.40 bits per heavy atom. The van der Waals surface area contributed by atoms with Gasteiger partial charge in [0.15, 0.2) is 6.29 Å². The third-order valence-electron chi connectivity index (χ3n) is 2.85. The maximum Gasteiger partial charge on any atom is 0.158 e. The second-order valence-electron chi connectivity index (χ2n) is 4.55. The average Bonchev–Trinajstić information content (AvgIpc) is 2.49. The summed E-state index contributed by atoms with van der Waals surface area (Å²) in [5.74, 6) is 8.63. The van der Waals surface area contributed by atoms with E-state index in [9.17, 15) is 4.79 Å². The Bertz CT molecular complexity index is 520. The fraction of sp³-hybridized carbons (Fsp3) is 0.316. The Labute approximate surface area is 122 Å². The molecule has 0 aliphatic heterocycles. The fourth-order valence-electron chi connectivity index (χ4n) is 1.79. The lowest BCUT2D eigenvalue weighted by Gasteiger charge is -1.94. The molecule has 0 amide bonds. The van der Waals surface area contributed by atoms with Crippen molar-refractivity contribution in [1.82, 2.24) is 0 Å². The van der Waals surface area contributed by atoms with Gasteiger partial charge in [0.2, 0.25) is 0 Å². The van der Waals surface area contributed by atoms with Crippen LogP contribution in [0.1, 0.15) is 44.1 Å². The minimum Gasteiger partial charge on any atom is -0.297 e. The summed E-state index contributed by atoms with van der Waals surface area (Å²) in [6.07, 6.45) is 14.0. The van der Waals surface area contributed by atoms with Gasteiger partial charge in [-0.1, -0.05) is 55.0 Å². The predicted octanol–water partition coefficient (Wildman–Crippen LogP) is 4.25. The minimum atomic E-state index is 0.531. The van der Waals surface area contributed by atoms with Crippen molar-refractivity contribution in [3.05, 3.63) is 41.5 Å². The number of rotatable bonds is 7. The third kappa shape index (κ3) is 7.24. The quantitative estimate of drug-likeness (QED) is 0.311. The van der Waals surface area contributed by atoms with E-state index < -0.39 is 0 Å². The number of benzene rings is 1. The van der Waals surface area contributed by atoms with Crippen LogP contribution in [0.25, 0.3) is 6.08 Å². The lowest BCUT2D eigenvalue weighted by Crippen LogP contribution is -1.81. The topological polar surface area (TPSA) is 17.1 Å².